The van der Waals surface area contributed by atoms with Crippen LogP contribution in [0.25, 0.3) is 0 Å². The van der Waals surface area contributed by atoms with E-state index in [1.807, 2.05) is 6.07 Å². The molecule has 4 rings (SSSR count). The van der Waals surface area contributed by atoms with Crippen molar-refractivity contribution >= 4 is 23.9 Å². The van der Waals surface area contributed by atoms with Gasteiger partial charge in [0.1, 0.15) is 23.7 Å². The number of carbonyl (C=O) groups excluding carboxylic acids is 4. The molecule has 3 aliphatic rings. The topological polar surface area (TPSA) is 105 Å². The summed E-state index contributed by atoms with van der Waals surface area (Å²) in [6.45, 7) is 7.59. The number of carbonyl (C=O) groups is 4. The maximum atomic E-state index is 11.9. The smallest absolute Gasteiger partial charge is 0.308 e. The second kappa shape index (κ2) is 9.04. The first-order valence-corrected chi connectivity index (χ1v) is 11.9. The van der Waals surface area contributed by atoms with E-state index in [2.05, 4.69) is 6.92 Å². The summed E-state index contributed by atoms with van der Waals surface area (Å²) in [5, 5.41) is 0. The predicted molar refractivity (Wildman–Crippen MR) is 120 cm³/mol. The van der Waals surface area contributed by atoms with Gasteiger partial charge < -0.3 is 18.9 Å². The van der Waals surface area contributed by atoms with Crippen LogP contribution in [0.3, 0.4) is 0 Å². The van der Waals surface area contributed by atoms with Crippen LogP contribution in [0.5, 0.6) is 11.5 Å². The molecule has 0 N–H and O–H groups in total. The second-order valence-corrected chi connectivity index (χ2v) is 10.1. The van der Waals surface area contributed by atoms with Crippen LogP contribution >= 0.6 is 0 Å². The van der Waals surface area contributed by atoms with Crippen molar-refractivity contribution in [3.63, 3.8) is 0 Å². The zero-order valence-corrected chi connectivity index (χ0v) is 20.3. The van der Waals surface area contributed by atoms with Crippen LogP contribution in [0.15, 0.2) is 12.1 Å². The van der Waals surface area contributed by atoms with E-state index in [1.54, 1.807) is 6.07 Å². The molecule has 184 valence electrons. The Bertz CT molecular complexity index is 1030. The third-order valence-corrected chi connectivity index (χ3v) is 7.79. The van der Waals surface area contributed by atoms with Gasteiger partial charge in [0.25, 0.3) is 0 Å². The van der Waals surface area contributed by atoms with Gasteiger partial charge in [-0.3, -0.25) is 19.2 Å². The van der Waals surface area contributed by atoms with E-state index in [9.17, 15) is 19.2 Å². The largest absolute Gasteiger partial charge is 0.459 e. The lowest BCUT2D eigenvalue weighted by Gasteiger charge is -2.50. The van der Waals surface area contributed by atoms with Crippen molar-refractivity contribution in [1.29, 1.82) is 0 Å². The fraction of sp³-hybridized carbons (Fsp3) is 0.615. The molecule has 0 aromatic heterocycles. The van der Waals surface area contributed by atoms with E-state index in [-0.39, 0.29) is 35.1 Å². The molecule has 0 radical (unpaired) electrons. The van der Waals surface area contributed by atoms with E-state index < -0.39 is 24.1 Å². The number of hydrogen-bond acceptors (Lipinski definition) is 8. The Labute approximate surface area is 199 Å². The van der Waals surface area contributed by atoms with Gasteiger partial charge in [-0.15, -0.1) is 0 Å². The van der Waals surface area contributed by atoms with Gasteiger partial charge in [0.15, 0.2) is 0 Å². The van der Waals surface area contributed by atoms with E-state index >= 15 is 0 Å². The van der Waals surface area contributed by atoms with Crippen molar-refractivity contribution < 1.29 is 38.1 Å². The van der Waals surface area contributed by atoms with Crippen LogP contribution in [0.4, 0.5) is 0 Å². The van der Waals surface area contributed by atoms with Crippen molar-refractivity contribution in [1.82, 2.24) is 0 Å². The number of rotatable bonds is 4. The highest BCUT2D eigenvalue weighted by molar-refractivity contribution is 5.72. The molecule has 0 unspecified atom stereocenters. The molecule has 0 heterocycles. The van der Waals surface area contributed by atoms with E-state index in [4.69, 9.17) is 18.9 Å². The van der Waals surface area contributed by atoms with Crippen molar-refractivity contribution in [2.45, 2.75) is 84.8 Å². The SMILES string of the molecule is CC(=O)Oc1cc2c(c(OC(C)=O)c1)[C@H]1CC[C@@]3(C)[C@@H](C[C@H](OC(C)=O)[C@@H]3OC(C)=O)[C@H]1CC2. The summed E-state index contributed by atoms with van der Waals surface area (Å²) in [4.78, 5) is 47.1. The fourth-order valence-electron chi connectivity index (χ4n) is 6.77. The predicted octanol–water partition coefficient (Wildman–Crippen LogP) is 3.87. The highest BCUT2D eigenvalue weighted by Gasteiger charge is 2.61. The maximum Gasteiger partial charge on any atom is 0.308 e. The van der Waals surface area contributed by atoms with Gasteiger partial charge in [0.05, 0.1) is 0 Å². The van der Waals surface area contributed by atoms with Crippen molar-refractivity contribution in [2.24, 2.45) is 17.3 Å². The first kappa shape index (κ1) is 24.2. The Morgan fingerprint density at radius 2 is 1.56 bits per heavy atom. The summed E-state index contributed by atoms with van der Waals surface area (Å²) in [6, 6.07) is 3.49. The Balaban J connectivity index is 1.72. The fourth-order valence-corrected chi connectivity index (χ4v) is 6.77. The molecule has 6 atom stereocenters. The molecule has 2 saturated carbocycles. The van der Waals surface area contributed by atoms with E-state index in [0.29, 0.717) is 17.9 Å². The Morgan fingerprint density at radius 1 is 0.882 bits per heavy atom. The summed E-state index contributed by atoms with van der Waals surface area (Å²) >= 11 is 0. The normalized spacial score (nSPS) is 31.4. The van der Waals surface area contributed by atoms with Crippen LogP contribution in [-0.4, -0.2) is 36.1 Å². The molecule has 0 saturated heterocycles. The van der Waals surface area contributed by atoms with Crippen LogP contribution in [0.2, 0.25) is 0 Å². The van der Waals surface area contributed by atoms with Crippen molar-refractivity contribution in [3.8, 4) is 11.5 Å². The number of hydrogen-bond donors (Lipinski definition) is 0. The third kappa shape index (κ3) is 4.42. The molecule has 34 heavy (non-hydrogen) atoms. The van der Waals surface area contributed by atoms with Gasteiger partial charge in [-0.2, -0.15) is 0 Å². The Morgan fingerprint density at radius 3 is 2.18 bits per heavy atom. The van der Waals surface area contributed by atoms with Crippen molar-refractivity contribution in [2.75, 3.05) is 0 Å². The average Bonchev–Trinajstić information content (AvgIpc) is 2.97. The maximum absolute atomic E-state index is 11.9. The van der Waals surface area contributed by atoms with Gasteiger partial charge in [0.2, 0.25) is 0 Å². The molecule has 2 fully saturated rings. The molecule has 0 spiro atoms. The lowest BCUT2D eigenvalue weighted by Crippen LogP contribution is -2.46. The Kier molecular flexibility index (Phi) is 6.44. The molecule has 3 aliphatic carbocycles. The van der Waals surface area contributed by atoms with Gasteiger partial charge >= 0.3 is 23.9 Å². The summed E-state index contributed by atoms with van der Waals surface area (Å²) in [7, 11) is 0. The highest BCUT2D eigenvalue weighted by atomic mass is 16.6. The number of esters is 4. The molecule has 0 aliphatic heterocycles. The average molecular weight is 473 g/mol. The van der Waals surface area contributed by atoms with E-state index in [0.717, 1.165) is 36.8 Å². The van der Waals surface area contributed by atoms with Gasteiger partial charge in [0, 0.05) is 44.7 Å². The summed E-state index contributed by atoms with van der Waals surface area (Å²) in [5.41, 5.74) is 1.69. The summed E-state index contributed by atoms with van der Waals surface area (Å²) in [6.07, 6.45) is 2.88. The minimum atomic E-state index is -0.486. The quantitative estimate of drug-likeness (QED) is 0.480. The molecule has 1 aromatic rings. The molecule has 8 nitrogen and oxygen atoms in total. The Hall–Kier alpha value is -2.90. The molecular formula is C26H32O8. The minimum Gasteiger partial charge on any atom is -0.459 e. The van der Waals surface area contributed by atoms with Crippen molar-refractivity contribution in [3.05, 3.63) is 23.3 Å². The summed E-state index contributed by atoms with van der Waals surface area (Å²) < 4.78 is 22.3. The number of fused-ring (bicyclic) bond motifs is 5. The number of ether oxygens (including phenoxy) is 4. The van der Waals surface area contributed by atoms with Gasteiger partial charge in [-0.1, -0.05) is 6.92 Å². The van der Waals surface area contributed by atoms with Crippen LogP contribution < -0.4 is 9.47 Å². The molecule has 8 heteroatoms. The summed E-state index contributed by atoms with van der Waals surface area (Å²) in [5.74, 6) is -0.273. The number of aryl methyl sites for hydroxylation is 1. The lowest BCUT2D eigenvalue weighted by atomic mass is 9.55. The second-order valence-electron chi connectivity index (χ2n) is 10.1. The third-order valence-electron chi connectivity index (χ3n) is 7.79. The van der Waals surface area contributed by atoms with Crippen LogP contribution in [-0.2, 0) is 35.1 Å². The van der Waals surface area contributed by atoms with Crippen LogP contribution in [0.1, 0.15) is 77.3 Å². The van der Waals surface area contributed by atoms with E-state index in [1.165, 1.54) is 27.7 Å². The molecule has 0 bridgehead atoms. The molecule has 1 aromatic carbocycles. The molecular weight excluding hydrogens is 440 g/mol. The monoisotopic (exact) mass is 472 g/mol. The standard InChI is InChI=1S/C26H32O8/c1-13(27)31-18-10-17-6-7-19-20(24(17)22(11-18)32-14(2)28)8-9-26(5)21(19)12-23(33-15(3)29)25(26)34-16(4)30/h10-11,19-21,23,25H,6-9,12H2,1-5H3/t19-,20-,21-,23-,25-,26-/m0/s1. The number of benzene rings is 1. The van der Waals surface area contributed by atoms with Gasteiger partial charge in [-0.05, 0) is 61.5 Å². The zero-order chi connectivity index (χ0) is 24.8. The highest BCUT2D eigenvalue weighted by Crippen LogP contribution is 2.63. The first-order chi connectivity index (χ1) is 16.0. The first-order valence-electron chi connectivity index (χ1n) is 11.9. The van der Waals surface area contributed by atoms with Gasteiger partial charge in [-0.25, -0.2) is 0 Å². The minimum absolute atomic E-state index is 0.136. The zero-order valence-electron chi connectivity index (χ0n) is 20.3. The molecule has 0 amide bonds. The van der Waals surface area contributed by atoms with Crippen LogP contribution in [0, 0.1) is 17.3 Å². The lowest BCUT2D eigenvalue weighted by molar-refractivity contribution is -0.171.